The molecule has 1 N–H and O–H groups in total. The maximum Gasteiger partial charge on any atom is 0.229 e. The quantitative estimate of drug-likeness (QED) is 0.861. The molecule has 1 fully saturated rings. The van der Waals surface area contributed by atoms with Crippen molar-refractivity contribution in [3.8, 4) is 5.75 Å². The summed E-state index contributed by atoms with van der Waals surface area (Å²) in [4.78, 5) is 26.6. The molecule has 0 spiro atoms. The number of ether oxygens (including phenoxy) is 1. The van der Waals surface area contributed by atoms with Crippen molar-refractivity contribution in [1.29, 1.82) is 0 Å². The highest BCUT2D eigenvalue weighted by molar-refractivity contribution is 6.31. The number of aryl methyl sites for hydroxylation is 1. The first-order chi connectivity index (χ1) is 12.5. The summed E-state index contributed by atoms with van der Waals surface area (Å²) >= 11 is 6.00. The fourth-order valence-corrected chi connectivity index (χ4v) is 3.16. The van der Waals surface area contributed by atoms with Gasteiger partial charge in [-0.3, -0.25) is 9.59 Å². The summed E-state index contributed by atoms with van der Waals surface area (Å²) in [5, 5.41) is 3.45. The second kappa shape index (κ2) is 7.79. The molecular formula is C20H21ClN2O3. The summed E-state index contributed by atoms with van der Waals surface area (Å²) in [6.07, 6.45) is 0.193. The van der Waals surface area contributed by atoms with Gasteiger partial charge in [0.1, 0.15) is 5.75 Å². The van der Waals surface area contributed by atoms with Crippen LogP contribution in [-0.4, -0.2) is 25.0 Å². The van der Waals surface area contributed by atoms with Crippen LogP contribution in [-0.2, 0) is 9.59 Å². The number of benzene rings is 2. The summed E-state index contributed by atoms with van der Waals surface area (Å²) in [7, 11) is 0. The van der Waals surface area contributed by atoms with E-state index < -0.39 is 5.92 Å². The standard InChI is InChI=1S/C20H21ClN2O3/c1-3-26-17-8-6-16(7-9-17)23-12-14(10-19(23)24)20(25)22-18-11-15(21)5-4-13(18)2/h4-9,11,14H,3,10,12H2,1-2H3,(H,22,25)/t14-/m0/s1. The van der Waals surface area contributed by atoms with E-state index in [1.54, 1.807) is 17.0 Å². The first kappa shape index (κ1) is 18.3. The first-order valence-corrected chi connectivity index (χ1v) is 8.96. The van der Waals surface area contributed by atoms with Gasteiger partial charge in [0.05, 0.1) is 12.5 Å². The summed E-state index contributed by atoms with van der Waals surface area (Å²) < 4.78 is 5.42. The van der Waals surface area contributed by atoms with Crippen LogP contribution < -0.4 is 15.0 Å². The second-order valence-electron chi connectivity index (χ2n) is 6.28. The highest BCUT2D eigenvalue weighted by Crippen LogP contribution is 2.28. The average Bonchev–Trinajstić information content (AvgIpc) is 3.01. The third kappa shape index (κ3) is 3.99. The molecule has 5 nitrogen and oxygen atoms in total. The molecule has 0 unspecified atom stereocenters. The van der Waals surface area contributed by atoms with Crippen molar-refractivity contribution < 1.29 is 14.3 Å². The van der Waals surface area contributed by atoms with Gasteiger partial charge in [-0.15, -0.1) is 0 Å². The minimum absolute atomic E-state index is 0.0582. The fraction of sp³-hybridized carbons (Fsp3) is 0.300. The van der Waals surface area contributed by atoms with Crippen molar-refractivity contribution >= 4 is 34.8 Å². The van der Waals surface area contributed by atoms with Gasteiger partial charge in [-0.1, -0.05) is 17.7 Å². The number of rotatable bonds is 5. The lowest BCUT2D eigenvalue weighted by molar-refractivity contribution is -0.122. The third-order valence-electron chi connectivity index (χ3n) is 4.41. The van der Waals surface area contributed by atoms with E-state index in [0.29, 0.717) is 23.9 Å². The molecular weight excluding hydrogens is 352 g/mol. The number of amides is 2. The number of nitrogens with zero attached hydrogens (tertiary/aromatic N) is 1. The molecule has 1 saturated heterocycles. The molecule has 0 radical (unpaired) electrons. The summed E-state index contributed by atoms with van der Waals surface area (Å²) in [5.74, 6) is 0.135. The van der Waals surface area contributed by atoms with Gasteiger partial charge in [-0.05, 0) is 55.8 Å². The lowest BCUT2D eigenvalue weighted by atomic mass is 10.1. The van der Waals surface area contributed by atoms with Gasteiger partial charge < -0.3 is 15.0 Å². The molecule has 26 heavy (non-hydrogen) atoms. The predicted octanol–water partition coefficient (Wildman–Crippen LogP) is 4.04. The molecule has 1 heterocycles. The van der Waals surface area contributed by atoms with Crippen molar-refractivity contribution in [2.24, 2.45) is 5.92 Å². The van der Waals surface area contributed by atoms with Crippen LogP contribution in [0.25, 0.3) is 0 Å². The Morgan fingerprint density at radius 3 is 2.69 bits per heavy atom. The molecule has 3 rings (SSSR count). The van der Waals surface area contributed by atoms with Crippen molar-refractivity contribution in [3.63, 3.8) is 0 Å². The Labute approximate surface area is 157 Å². The summed E-state index contributed by atoms with van der Waals surface area (Å²) in [5.41, 5.74) is 2.37. The largest absolute Gasteiger partial charge is 0.494 e. The number of anilines is 2. The smallest absolute Gasteiger partial charge is 0.229 e. The molecule has 1 aliphatic heterocycles. The summed E-state index contributed by atoms with van der Waals surface area (Å²) in [6, 6.07) is 12.7. The number of nitrogens with one attached hydrogen (secondary N) is 1. The number of hydrogen-bond acceptors (Lipinski definition) is 3. The van der Waals surface area contributed by atoms with E-state index in [1.165, 1.54) is 0 Å². The Kier molecular flexibility index (Phi) is 5.47. The van der Waals surface area contributed by atoms with E-state index in [9.17, 15) is 9.59 Å². The van der Waals surface area contributed by atoms with Crippen molar-refractivity contribution in [3.05, 3.63) is 53.1 Å². The second-order valence-corrected chi connectivity index (χ2v) is 6.72. The molecule has 0 aromatic heterocycles. The molecule has 2 aromatic rings. The van der Waals surface area contributed by atoms with Gasteiger partial charge in [0, 0.05) is 29.4 Å². The van der Waals surface area contributed by atoms with E-state index in [0.717, 1.165) is 17.0 Å². The maximum absolute atomic E-state index is 12.6. The minimum Gasteiger partial charge on any atom is -0.494 e. The van der Waals surface area contributed by atoms with E-state index in [1.807, 2.05) is 44.2 Å². The van der Waals surface area contributed by atoms with E-state index in [4.69, 9.17) is 16.3 Å². The summed E-state index contributed by atoms with van der Waals surface area (Å²) in [6.45, 7) is 4.77. The maximum atomic E-state index is 12.6. The van der Waals surface area contributed by atoms with Gasteiger partial charge in [0.2, 0.25) is 11.8 Å². The highest BCUT2D eigenvalue weighted by atomic mass is 35.5. The lowest BCUT2D eigenvalue weighted by Crippen LogP contribution is -2.28. The highest BCUT2D eigenvalue weighted by Gasteiger charge is 2.35. The third-order valence-corrected chi connectivity index (χ3v) is 4.65. The zero-order valence-electron chi connectivity index (χ0n) is 14.8. The van der Waals surface area contributed by atoms with Gasteiger partial charge in [0.25, 0.3) is 0 Å². The van der Waals surface area contributed by atoms with Crippen LogP contribution in [0.5, 0.6) is 5.75 Å². The van der Waals surface area contributed by atoms with Gasteiger partial charge in [-0.2, -0.15) is 0 Å². The van der Waals surface area contributed by atoms with Gasteiger partial charge >= 0.3 is 0 Å². The lowest BCUT2D eigenvalue weighted by Gasteiger charge is -2.17. The van der Waals surface area contributed by atoms with Crippen LogP contribution in [0.1, 0.15) is 18.9 Å². The molecule has 1 aliphatic rings. The number of carbonyl (C=O) groups excluding carboxylic acids is 2. The SMILES string of the molecule is CCOc1ccc(N2C[C@@H](C(=O)Nc3cc(Cl)ccc3C)CC2=O)cc1. The Morgan fingerprint density at radius 2 is 2.00 bits per heavy atom. The van der Waals surface area contributed by atoms with Crippen LogP contribution in [0.4, 0.5) is 11.4 Å². The zero-order valence-corrected chi connectivity index (χ0v) is 15.5. The first-order valence-electron chi connectivity index (χ1n) is 8.58. The van der Waals surface area contributed by atoms with E-state index >= 15 is 0 Å². The molecule has 2 aromatic carbocycles. The van der Waals surface area contributed by atoms with Crippen LogP contribution >= 0.6 is 11.6 Å². The van der Waals surface area contributed by atoms with Crippen LogP contribution in [0, 0.1) is 12.8 Å². The van der Waals surface area contributed by atoms with Crippen molar-refractivity contribution in [2.45, 2.75) is 20.3 Å². The van der Waals surface area contributed by atoms with Gasteiger partial charge in [0.15, 0.2) is 0 Å². The Hall–Kier alpha value is -2.53. The van der Waals surface area contributed by atoms with E-state index in [2.05, 4.69) is 5.32 Å². The number of carbonyl (C=O) groups is 2. The molecule has 0 aliphatic carbocycles. The Balaban J connectivity index is 1.68. The van der Waals surface area contributed by atoms with Crippen LogP contribution in [0.15, 0.2) is 42.5 Å². The minimum atomic E-state index is -0.396. The average molecular weight is 373 g/mol. The van der Waals surface area contributed by atoms with Crippen molar-refractivity contribution in [1.82, 2.24) is 0 Å². The molecule has 0 bridgehead atoms. The monoisotopic (exact) mass is 372 g/mol. The number of halogens is 1. The molecule has 136 valence electrons. The van der Waals surface area contributed by atoms with Gasteiger partial charge in [-0.25, -0.2) is 0 Å². The van der Waals surface area contributed by atoms with E-state index in [-0.39, 0.29) is 18.2 Å². The molecule has 0 saturated carbocycles. The van der Waals surface area contributed by atoms with Crippen LogP contribution in [0.3, 0.4) is 0 Å². The molecule has 1 atom stereocenters. The van der Waals surface area contributed by atoms with Crippen molar-refractivity contribution in [2.75, 3.05) is 23.4 Å². The Morgan fingerprint density at radius 1 is 1.27 bits per heavy atom. The normalized spacial score (nSPS) is 16.7. The fourth-order valence-electron chi connectivity index (χ4n) is 2.99. The molecule has 6 heteroatoms. The topological polar surface area (TPSA) is 58.6 Å². The number of hydrogen-bond donors (Lipinski definition) is 1. The molecule has 2 amide bonds. The van der Waals surface area contributed by atoms with Crippen LogP contribution in [0.2, 0.25) is 5.02 Å². The predicted molar refractivity (Wildman–Crippen MR) is 103 cm³/mol. The Bertz CT molecular complexity index is 820. The zero-order chi connectivity index (χ0) is 18.7.